The molecule has 2 aliphatic rings. The average molecular weight is 506 g/mol. The number of likely N-dealkylation sites (tertiary alicyclic amines) is 1. The van der Waals surface area contributed by atoms with Crippen LogP contribution in [0.25, 0.3) is 16.8 Å². The molecule has 38 heavy (non-hydrogen) atoms. The Hall–Kier alpha value is -4.25. The molecular weight excluding hydrogens is 474 g/mol. The topological polar surface area (TPSA) is 48.0 Å². The summed E-state index contributed by atoms with van der Waals surface area (Å²) >= 11 is 0. The zero-order valence-corrected chi connectivity index (χ0v) is 21.8. The van der Waals surface area contributed by atoms with Crippen molar-refractivity contribution < 1.29 is 19.0 Å². The van der Waals surface area contributed by atoms with Gasteiger partial charge in [-0.2, -0.15) is 0 Å². The van der Waals surface area contributed by atoms with Gasteiger partial charge in [-0.3, -0.25) is 4.79 Å². The maximum atomic E-state index is 14.0. The van der Waals surface area contributed by atoms with Crippen molar-refractivity contribution in [3.8, 4) is 17.2 Å². The quantitative estimate of drug-likeness (QED) is 0.298. The van der Waals surface area contributed by atoms with Crippen molar-refractivity contribution >= 4 is 22.8 Å². The van der Waals surface area contributed by atoms with Crippen molar-refractivity contribution in [3.05, 3.63) is 107 Å². The van der Waals surface area contributed by atoms with E-state index in [1.165, 1.54) is 0 Å². The van der Waals surface area contributed by atoms with Crippen molar-refractivity contribution in [1.82, 2.24) is 4.90 Å². The first-order valence-corrected chi connectivity index (χ1v) is 13.2. The number of piperidine rings is 1. The summed E-state index contributed by atoms with van der Waals surface area (Å²) in [6.07, 6.45) is 7.40. The van der Waals surface area contributed by atoms with Gasteiger partial charge in [0.1, 0.15) is 17.2 Å². The highest BCUT2D eigenvalue weighted by atomic mass is 16.5. The van der Waals surface area contributed by atoms with Crippen LogP contribution < -0.4 is 14.2 Å². The van der Waals surface area contributed by atoms with E-state index in [0.29, 0.717) is 22.8 Å². The summed E-state index contributed by atoms with van der Waals surface area (Å²) in [5, 5.41) is 2.08. The molecule has 0 saturated carbocycles. The van der Waals surface area contributed by atoms with Crippen LogP contribution in [0.2, 0.25) is 0 Å². The van der Waals surface area contributed by atoms with Gasteiger partial charge < -0.3 is 19.1 Å². The first-order chi connectivity index (χ1) is 18.6. The number of carbonyl (C=O) groups is 1. The first kappa shape index (κ1) is 24.1. The van der Waals surface area contributed by atoms with Crippen LogP contribution in [0.5, 0.6) is 17.2 Å². The highest BCUT2D eigenvalue weighted by Crippen LogP contribution is 2.48. The Balaban J connectivity index is 1.59. The molecule has 1 atom stereocenters. The Labute approximate surface area is 223 Å². The van der Waals surface area contributed by atoms with E-state index in [4.69, 9.17) is 14.2 Å². The summed E-state index contributed by atoms with van der Waals surface area (Å²) in [6, 6.07) is 26.0. The fourth-order valence-corrected chi connectivity index (χ4v) is 5.70. The molecule has 192 valence electrons. The maximum Gasteiger partial charge on any atom is 0.257 e. The Morgan fingerprint density at radius 2 is 1.63 bits per heavy atom. The summed E-state index contributed by atoms with van der Waals surface area (Å²) in [4.78, 5) is 16.0. The van der Waals surface area contributed by atoms with Gasteiger partial charge in [-0.05, 0) is 60.4 Å². The van der Waals surface area contributed by atoms with Gasteiger partial charge >= 0.3 is 0 Å². The van der Waals surface area contributed by atoms with Gasteiger partial charge in [-0.15, -0.1) is 0 Å². The molecule has 2 aliphatic heterocycles. The molecule has 1 fully saturated rings. The molecule has 1 unspecified atom stereocenters. The zero-order valence-electron chi connectivity index (χ0n) is 21.8. The van der Waals surface area contributed by atoms with Crippen LogP contribution in [-0.2, 0) is 5.60 Å². The molecule has 0 spiro atoms. The van der Waals surface area contributed by atoms with Crippen molar-refractivity contribution in [2.75, 3.05) is 27.3 Å². The predicted octanol–water partition coefficient (Wildman–Crippen LogP) is 6.83. The Kier molecular flexibility index (Phi) is 6.28. The van der Waals surface area contributed by atoms with Crippen molar-refractivity contribution in [2.45, 2.75) is 24.9 Å². The van der Waals surface area contributed by atoms with Gasteiger partial charge in [-0.1, -0.05) is 54.6 Å². The summed E-state index contributed by atoms with van der Waals surface area (Å²) in [7, 11) is 3.29. The van der Waals surface area contributed by atoms with Gasteiger partial charge in [0.25, 0.3) is 5.91 Å². The van der Waals surface area contributed by atoms with E-state index in [0.717, 1.165) is 59.8 Å². The number of benzene rings is 4. The molecule has 4 aromatic rings. The molecule has 0 aliphatic carbocycles. The number of amides is 1. The lowest BCUT2D eigenvalue weighted by Gasteiger charge is -2.38. The number of methoxy groups -OCH3 is 2. The molecule has 0 bridgehead atoms. The van der Waals surface area contributed by atoms with Gasteiger partial charge in [0.2, 0.25) is 0 Å². The third kappa shape index (κ3) is 3.99. The molecule has 2 heterocycles. The molecule has 0 radical (unpaired) electrons. The lowest BCUT2D eigenvalue weighted by atomic mass is 9.82. The van der Waals surface area contributed by atoms with Crippen molar-refractivity contribution in [1.29, 1.82) is 0 Å². The summed E-state index contributed by atoms with van der Waals surface area (Å²) in [6.45, 7) is 1.54. The third-order valence-corrected chi connectivity index (χ3v) is 7.67. The second-order valence-electron chi connectivity index (χ2n) is 9.84. The Bertz CT molecular complexity index is 1520. The molecule has 5 heteroatoms. The predicted molar refractivity (Wildman–Crippen MR) is 150 cm³/mol. The molecule has 4 aromatic carbocycles. The molecular formula is C33H31NO4. The van der Waals surface area contributed by atoms with Crippen molar-refractivity contribution in [3.63, 3.8) is 0 Å². The minimum Gasteiger partial charge on any atom is -0.497 e. The number of nitrogens with zero attached hydrogens (tertiary/aromatic N) is 1. The molecule has 0 N–H and O–H groups in total. The maximum absolute atomic E-state index is 14.0. The number of carbonyl (C=O) groups excluding carboxylic acids is 1. The molecule has 6 rings (SSSR count). The lowest BCUT2D eigenvalue weighted by Crippen LogP contribution is -2.38. The second-order valence-corrected chi connectivity index (χ2v) is 9.84. The van der Waals surface area contributed by atoms with E-state index in [1.54, 1.807) is 14.2 Å². The number of hydrogen-bond donors (Lipinski definition) is 0. The van der Waals surface area contributed by atoms with Crippen molar-refractivity contribution in [2.24, 2.45) is 0 Å². The fourth-order valence-electron chi connectivity index (χ4n) is 5.70. The first-order valence-electron chi connectivity index (χ1n) is 13.2. The number of ether oxygens (including phenoxy) is 3. The van der Waals surface area contributed by atoms with Crippen LogP contribution in [-0.4, -0.2) is 38.1 Å². The van der Waals surface area contributed by atoms with Crippen LogP contribution in [0.3, 0.4) is 0 Å². The third-order valence-electron chi connectivity index (χ3n) is 7.67. The van der Waals surface area contributed by atoms with E-state index in [2.05, 4.69) is 24.3 Å². The average Bonchev–Trinajstić information content (AvgIpc) is 3.00. The lowest BCUT2D eigenvalue weighted by molar-refractivity contribution is 0.0712. The number of rotatable bonds is 5. The van der Waals surface area contributed by atoms with Gasteiger partial charge in [-0.25, -0.2) is 0 Å². The second kappa shape index (κ2) is 9.90. The minimum absolute atomic E-state index is 0.0191. The SMILES string of the molecule is COc1ccc(C2(c3ccccc3)C=Cc3c(c(C(=O)N4CCCCC4)cc4ccccc34)O2)c(OC)c1. The molecule has 1 amide bonds. The Morgan fingerprint density at radius 1 is 0.868 bits per heavy atom. The number of hydrogen-bond acceptors (Lipinski definition) is 4. The zero-order chi connectivity index (χ0) is 26.1. The van der Waals surface area contributed by atoms with E-state index < -0.39 is 5.60 Å². The molecule has 0 aromatic heterocycles. The van der Waals surface area contributed by atoms with Gasteiger partial charge in [0.15, 0.2) is 5.60 Å². The van der Waals surface area contributed by atoms with E-state index in [9.17, 15) is 4.79 Å². The van der Waals surface area contributed by atoms with Crippen LogP contribution in [0, 0.1) is 0 Å². The summed E-state index contributed by atoms with van der Waals surface area (Å²) in [5.41, 5.74) is 2.28. The highest BCUT2D eigenvalue weighted by molar-refractivity contribution is 6.06. The standard InChI is InChI=1S/C33H31NO4/c1-36-25-15-16-29(30(22-25)37-2)33(24-12-5-3-6-13-24)18-17-27-26-14-8-7-11-23(26)21-28(31(27)38-33)32(35)34-19-9-4-10-20-34/h3,5-8,11-18,21-22H,4,9-10,19-20H2,1-2H3. The van der Waals surface area contributed by atoms with Gasteiger partial charge in [0.05, 0.1) is 19.8 Å². The Morgan fingerprint density at radius 3 is 2.39 bits per heavy atom. The minimum atomic E-state index is -1.01. The fraction of sp³-hybridized carbons (Fsp3) is 0.242. The van der Waals surface area contributed by atoms with Crippen LogP contribution in [0.4, 0.5) is 0 Å². The van der Waals surface area contributed by atoms with E-state index in [-0.39, 0.29) is 5.91 Å². The van der Waals surface area contributed by atoms with E-state index in [1.807, 2.05) is 71.6 Å². The molecule has 1 saturated heterocycles. The largest absolute Gasteiger partial charge is 0.497 e. The smallest absolute Gasteiger partial charge is 0.257 e. The van der Waals surface area contributed by atoms with Crippen LogP contribution in [0.1, 0.15) is 46.3 Å². The number of fused-ring (bicyclic) bond motifs is 3. The summed E-state index contributed by atoms with van der Waals surface area (Å²) in [5.74, 6) is 1.96. The summed E-state index contributed by atoms with van der Waals surface area (Å²) < 4.78 is 18.4. The van der Waals surface area contributed by atoms with Gasteiger partial charge in [0, 0.05) is 35.8 Å². The van der Waals surface area contributed by atoms with Crippen LogP contribution in [0.15, 0.2) is 84.9 Å². The highest BCUT2D eigenvalue weighted by Gasteiger charge is 2.41. The monoisotopic (exact) mass is 505 g/mol. The van der Waals surface area contributed by atoms with E-state index >= 15 is 0 Å². The normalized spacial score (nSPS) is 18.5. The van der Waals surface area contributed by atoms with Crippen LogP contribution >= 0.6 is 0 Å². The molecule has 5 nitrogen and oxygen atoms in total.